The Morgan fingerprint density at radius 1 is 1.46 bits per heavy atom. The molecule has 9 heteroatoms. The van der Waals surface area contributed by atoms with E-state index in [1.165, 1.54) is 7.05 Å². The fraction of sp³-hybridized carbons (Fsp3) is 0.733. The van der Waals surface area contributed by atoms with Gasteiger partial charge in [-0.25, -0.2) is 0 Å². The van der Waals surface area contributed by atoms with E-state index >= 15 is 0 Å². The Morgan fingerprint density at radius 3 is 2.58 bits per heavy atom. The van der Waals surface area contributed by atoms with E-state index in [9.17, 15) is 13.2 Å². The Labute approximate surface area is 143 Å². The van der Waals surface area contributed by atoms with Crippen molar-refractivity contribution < 1.29 is 13.2 Å². The van der Waals surface area contributed by atoms with Crippen molar-refractivity contribution in [2.24, 2.45) is 0 Å². The number of rotatable bonds is 3. The third-order valence-electron chi connectivity index (χ3n) is 4.05. The number of carbonyl (C=O) groups excluding carboxylic acids is 1. The highest BCUT2D eigenvalue weighted by Gasteiger charge is 2.42. The predicted molar refractivity (Wildman–Crippen MR) is 91.5 cm³/mol. The summed E-state index contributed by atoms with van der Waals surface area (Å²) < 4.78 is 30.4. The summed E-state index contributed by atoms with van der Waals surface area (Å²) in [6, 6.07) is -1.23. The SMILES string of the molecule is CCn1cc([C@@H]2C[C@H](C(=O)NC(C)(C)C)N(C)S(=O)(=O)N2)c(C)n1. The van der Waals surface area contributed by atoms with Gasteiger partial charge in [-0.1, -0.05) is 0 Å². The molecule has 2 N–H and O–H groups in total. The summed E-state index contributed by atoms with van der Waals surface area (Å²) >= 11 is 0. The van der Waals surface area contributed by atoms with Crippen LogP contribution in [-0.2, 0) is 21.5 Å². The molecule has 1 amide bonds. The Morgan fingerprint density at radius 2 is 2.08 bits per heavy atom. The fourth-order valence-electron chi connectivity index (χ4n) is 2.80. The van der Waals surface area contributed by atoms with Crippen molar-refractivity contribution in [2.75, 3.05) is 7.05 Å². The van der Waals surface area contributed by atoms with Gasteiger partial charge in [-0.05, 0) is 41.0 Å². The minimum absolute atomic E-state index is 0.291. The first kappa shape index (κ1) is 18.9. The van der Waals surface area contributed by atoms with Crippen LogP contribution in [-0.4, -0.2) is 47.0 Å². The Kier molecular flexibility index (Phi) is 5.08. The molecule has 1 aromatic heterocycles. The summed E-state index contributed by atoms with van der Waals surface area (Å²) in [6.45, 7) is 10.1. The van der Waals surface area contributed by atoms with Gasteiger partial charge in [0.15, 0.2) is 0 Å². The maximum atomic E-state index is 12.6. The van der Waals surface area contributed by atoms with Gasteiger partial charge in [-0.15, -0.1) is 0 Å². The van der Waals surface area contributed by atoms with Crippen LogP contribution in [0.15, 0.2) is 6.20 Å². The maximum absolute atomic E-state index is 12.6. The third-order valence-corrected chi connectivity index (χ3v) is 5.65. The minimum Gasteiger partial charge on any atom is -0.350 e. The van der Waals surface area contributed by atoms with Crippen molar-refractivity contribution in [3.8, 4) is 0 Å². The van der Waals surface area contributed by atoms with Gasteiger partial charge >= 0.3 is 0 Å². The zero-order valence-electron chi connectivity index (χ0n) is 15.1. The van der Waals surface area contributed by atoms with Crippen LogP contribution in [0.5, 0.6) is 0 Å². The molecule has 2 heterocycles. The monoisotopic (exact) mass is 357 g/mol. The van der Waals surface area contributed by atoms with Gasteiger partial charge in [-0.2, -0.15) is 22.5 Å². The number of hydrogen-bond acceptors (Lipinski definition) is 4. The zero-order valence-corrected chi connectivity index (χ0v) is 15.9. The Balaban J connectivity index is 2.33. The summed E-state index contributed by atoms with van der Waals surface area (Å²) in [7, 11) is -2.31. The molecule has 2 atom stereocenters. The first-order valence-corrected chi connectivity index (χ1v) is 9.50. The molecule has 1 aliphatic rings. The molecule has 0 aromatic carbocycles. The molecule has 1 saturated heterocycles. The molecule has 0 saturated carbocycles. The highest BCUT2D eigenvalue weighted by atomic mass is 32.2. The highest BCUT2D eigenvalue weighted by molar-refractivity contribution is 7.87. The Bertz CT molecular complexity index is 720. The van der Waals surface area contributed by atoms with Crippen molar-refractivity contribution in [3.63, 3.8) is 0 Å². The van der Waals surface area contributed by atoms with Gasteiger partial charge in [0.1, 0.15) is 6.04 Å². The number of carbonyl (C=O) groups is 1. The van der Waals surface area contributed by atoms with Crippen LogP contribution in [0.1, 0.15) is 51.4 Å². The smallest absolute Gasteiger partial charge is 0.280 e. The summed E-state index contributed by atoms with van der Waals surface area (Å²) in [5.41, 5.74) is 1.15. The van der Waals surface area contributed by atoms with Crippen LogP contribution in [0, 0.1) is 6.92 Å². The van der Waals surface area contributed by atoms with E-state index < -0.39 is 27.8 Å². The largest absolute Gasteiger partial charge is 0.350 e. The molecule has 0 aliphatic carbocycles. The second-order valence-corrected chi connectivity index (χ2v) is 8.97. The molecule has 8 nitrogen and oxygen atoms in total. The van der Waals surface area contributed by atoms with Crippen LogP contribution in [0.2, 0.25) is 0 Å². The molecule has 0 spiro atoms. The number of amides is 1. The van der Waals surface area contributed by atoms with Gasteiger partial charge in [-0.3, -0.25) is 9.48 Å². The lowest BCUT2D eigenvalue weighted by atomic mass is 9.99. The number of aryl methyl sites for hydroxylation is 2. The molecular weight excluding hydrogens is 330 g/mol. The quantitative estimate of drug-likeness (QED) is 0.832. The average molecular weight is 357 g/mol. The van der Waals surface area contributed by atoms with Crippen molar-refractivity contribution >= 4 is 16.1 Å². The van der Waals surface area contributed by atoms with Crippen molar-refractivity contribution in [1.82, 2.24) is 24.1 Å². The molecular formula is C15H27N5O3S. The van der Waals surface area contributed by atoms with Crippen LogP contribution in [0.25, 0.3) is 0 Å². The van der Waals surface area contributed by atoms with Gasteiger partial charge in [0, 0.05) is 30.9 Å². The molecule has 136 valence electrons. The molecule has 1 aromatic rings. The van der Waals surface area contributed by atoms with Gasteiger partial charge < -0.3 is 5.32 Å². The second-order valence-electron chi connectivity index (χ2n) is 7.21. The number of aromatic nitrogens is 2. The normalized spacial score (nSPS) is 24.8. The topological polar surface area (TPSA) is 96.3 Å². The Hall–Kier alpha value is -1.45. The van der Waals surface area contributed by atoms with E-state index in [0.717, 1.165) is 15.6 Å². The first-order chi connectivity index (χ1) is 10.9. The van der Waals surface area contributed by atoms with Crippen molar-refractivity contribution in [3.05, 3.63) is 17.5 Å². The van der Waals surface area contributed by atoms with Crippen LogP contribution >= 0.6 is 0 Å². The van der Waals surface area contributed by atoms with Crippen molar-refractivity contribution in [2.45, 2.75) is 65.2 Å². The van der Waals surface area contributed by atoms with E-state index in [1.807, 2.05) is 40.8 Å². The van der Waals surface area contributed by atoms with E-state index in [0.29, 0.717) is 13.0 Å². The molecule has 2 rings (SSSR count). The lowest BCUT2D eigenvalue weighted by Gasteiger charge is -2.37. The lowest BCUT2D eigenvalue weighted by Crippen LogP contribution is -2.59. The molecule has 1 aliphatic heterocycles. The van der Waals surface area contributed by atoms with Crippen LogP contribution in [0.4, 0.5) is 0 Å². The predicted octanol–water partition coefficient (Wildman–Crippen LogP) is 0.706. The number of hydrogen-bond donors (Lipinski definition) is 2. The van der Waals surface area contributed by atoms with Gasteiger partial charge in [0.05, 0.1) is 11.7 Å². The minimum atomic E-state index is -3.74. The third kappa shape index (κ3) is 3.96. The van der Waals surface area contributed by atoms with Gasteiger partial charge in [0.2, 0.25) is 5.91 Å². The highest BCUT2D eigenvalue weighted by Crippen LogP contribution is 2.29. The fourth-order valence-corrected chi connectivity index (χ4v) is 4.07. The zero-order chi connectivity index (χ0) is 18.3. The standard InChI is InChI=1S/C15H27N5O3S/c1-7-20-9-11(10(2)17-20)12-8-13(14(21)16-15(3,4)5)19(6)24(22,23)18-12/h9,12-13,18H,7-8H2,1-6H3,(H,16,21)/t12-,13+/m0/s1. The molecule has 1 fully saturated rings. The van der Waals surface area contributed by atoms with E-state index in [2.05, 4.69) is 15.1 Å². The average Bonchev–Trinajstić information content (AvgIpc) is 2.81. The van der Waals surface area contributed by atoms with E-state index in [-0.39, 0.29) is 5.91 Å². The molecule has 24 heavy (non-hydrogen) atoms. The summed E-state index contributed by atoms with van der Waals surface area (Å²) in [5, 5.41) is 7.23. The summed E-state index contributed by atoms with van der Waals surface area (Å²) in [4.78, 5) is 12.6. The first-order valence-electron chi connectivity index (χ1n) is 8.06. The number of nitrogens with one attached hydrogen (secondary N) is 2. The van der Waals surface area contributed by atoms with Crippen LogP contribution < -0.4 is 10.0 Å². The van der Waals surface area contributed by atoms with Crippen molar-refractivity contribution in [1.29, 1.82) is 0 Å². The summed E-state index contributed by atoms with van der Waals surface area (Å²) in [6.07, 6.45) is 2.19. The molecule has 0 radical (unpaired) electrons. The number of likely N-dealkylation sites (N-methyl/N-ethyl adjacent to an activating group) is 1. The number of nitrogens with zero attached hydrogens (tertiary/aromatic N) is 3. The summed E-state index contributed by atoms with van der Waals surface area (Å²) in [5.74, 6) is -0.291. The lowest BCUT2D eigenvalue weighted by molar-refractivity contribution is -0.126. The second kappa shape index (κ2) is 6.45. The van der Waals surface area contributed by atoms with E-state index in [1.54, 1.807) is 4.68 Å². The maximum Gasteiger partial charge on any atom is 0.280 e. The van der Waals surface area contributed by atoms with E-state index in [4.69, 9.17) is 0 Å². The molecule has 0 bridgehead atoms. The molecule has 0 unspecified atom stereocenters. The van der Waals surface area contributed by atoms with Gasteiger partial charge in [0.25, 0.3) is 10.2 Å². The van der Waals surface area contributed by atoms with Crippen LogP contribution in [0.3, 0.4) is 0 Å².